The van der Waals surface area contributed by atoms with E-state index in [0.717, 1.165) is 0 Å². The van der Waals surface area contributed by atoms with Gasteiger partial charge in [0.05, 0.1) is 10.6 Å². The summed E-state index contributed by atoms with van der Waals surface area (Å²) >= 11 is 5.77. The van der Waals surface area contributed by atoms with Crippen LogP contribution in [0.5, 0.6) is 5.75 Å². The van der Waals surface area contributed by atoms with Gasteiger partial charge in [0.2, 0.25) is 0 Å². The van der Waals surface area contributed by atoms with E-state index >= 15 is 0 Å². The molecule has 0 aliphatic carbocycles. The number of benzene rings is 2. The number of nitrogens with one attached hydrogen (secondary N) is 1. The van der Waals surface area contributed by atoms with Crippen molar-refractivity contribution in [2.24, 2.45) is 5.73 Å². The fraction of sp³-hybridized carbons (Fsp3) is 0.133. The highest BCUT2D eigenvalue weighted by Crippen LogP contribution is 2.21. The van der Waals surface area contributed by atoms with Gasteiger partial charge in [0.1, 0.15) is 18.2 Å². The third-order valence-electron chi connectivity index (χ3n) is 2.69. The van der Waals surface area contributed by atoms with Gasteiger partial charge in [-0.15, -0.1) is 0 Å². The lowest BCUT2D eigenvalue weighted by Crippen LogP contribution is -2.13. The van der Waals surface area contributed by atoms with Crippen LogP contribution in [0, 0.1) is 5.82 Å². The van der Waals surface area contributed by atoms with Crippen molar-refractivity contribution in [2.45, 2.75) is 0 Å². The molecule has 0 aliphatic rings. The monoisotopic (exact) mass is 308 g/mol. The highest BCUT2D eigenvalue weighted by atomic mass is 35.5. The lowest BCUT2D eigenvalue weighted by atomic mass is 10.2. The Morgan fingerprint density at radius 3 is 2.62 bits per heavy atom. The first-order chi connectivity index (χ1) is 10.1. The standard InChI is InChI=1S/C15H14ClFN2O2/c16-14-12(2-1-3-13(14)17)15(20)19-10-4-6-11(7-5-10)21-9-8-18/h1-7H,8-9,18H2,(H,19,20). The second-order valence-corrected chi connectivity index (χ2v) is 4.59. The van der Waals surface area contributed by atoms with E-state index in [9.17, 15) is 9.18 Å². The molecule has 6 heteroatoms. The molecule has 0 heterocycles. The first-order valence-corrected chi connectivity index (χ1v) is 6.68. The molecule has 2 rings (SSSR count). The summed E-state index contributed by atoms with van der Waals surface area (Å²) in [6, 6.07) is 10.9. The third kappa shape index (κ3) is 3.93. The van der Waals surface area contributed by atoms with Gasteiger partial charge in [0.15, 0.2) is 0 Å². The van der Waals surface area contributed by atoms with E-state index in [-0.39, 0.29) is 10.6 Å². The maximum absolute atomic E-state index is 13.3. The molecule has 0 unspecified atom stereocenters. The van der Waals surface area contributed by atoms with Crippen LogP contribution in [0.3, 0.4) is 0 Å². The minimum absolute atomic E-state index is 0.0834. The van der Waals surface area contributed by atoms with Gasteiger partial charge in [-0.3, -0.25) is 4.79 Å². The zero-order valence-electron chi connectivity index (χ0n) is 11.1. The highest BCUT2D eigenvalue weighted by molar-refractivity contribution is 6.34. The van der Waals surface area contributed by atoms with Crippen molar-refractivity contribution in [3.63, 3.8) is 0 Å². The Labute approximate surface area is 126 Å². The summed E-state index contributed by atoms with van der Waals surface area (Å²) in [5, 5.41) is 2.44. The topological polar surface area (TPSA) is 64.3 Å². The molecule has 4 nitrogen and oxygen atoms in total. The maximum Gasteiger partial charge on any atom is 0.257 e. The molecule has 0 atom stereocenters. The van der Waals surface area contributed by atoms with Crippen molar-refractivity contribution in [3.8, 4) is 5.75 Å². The molecule has 2 aromatic rings. The van der Waals surface area contributed by atoms with Gasteiger partial charge in [-0.05, 0) is 36.4 Å². The molecule has 0 radical (unpaired) electrons. The number of rotatable bonds is 5. The minimum atomic E-state index is -0.630. The number of hydrogen-bond donors (Lipinski definition) is 2. The predicted molar refractivity (Wildman–Crippen MR) is 80.4 cm³/mol. The number of carbonyl (C=O) groups is 1. The number of nitrogens with two attached hydrogens (primary N) is 1. The van der Waals surface area contributed by atoms with Crippen molar-refractivity contribution in [1.29, 1.82) is 0 Å². The molecule has 1 amide bonds. The van der Waals surface area contributed by atoms with Gasteiger partial charge in [-0.2, -0.15) is 0 Å². The molecule has 0 bridgehead atoms. The normalized spacial score (nSPS) is 10.2. The lowest BCUT2D eigenvalue weighted by Gasteiger charge is -2.08. The summed E-state index contributed by atoms with van der Waals surface area (Å²) in [5.74, 6) is -0.452. The van der Waals surface area contributed by atoms with E-state index < -0.39 is 11.7 Å². The van der Waals surface area contributed by atoms with Crippen LogP contribution >= 0.6 is 11.6 Å². The summed E-state index contributed by atoms with van der Waals surface area (Å²) in [7, 11) is 0. The zero-order valence-corrected chi connectivity index (χ0v) is 11.9. The Morgan fingerprint density at radius 2 is 1.95 bits per heavy atom. The quantitative estimate of drug-likeness (QED) is 0.892. The van der Waals surface area contributed by atoms with Crippen molar-refractivity contribution >= 4 is 23.2 Å². The van der Waals surface area contributed by atoms with Gasteiger partial charge in [0.25, 0.3) is 5.91 Å². The van der Waals surface area contributed by atoms with Crippen LogP contribution in [-0.4, -0.2) is 19.1 Å². The minimum Gasteiger partial charge on any atom is -0.492 e. The smallest absolute Gasteiger partial charge is 0.257 e. The fourth-order valence-electron chi connectivity index (χ4n) is 1.69. The number of ether oxygens (including phenoxy) is 1. The van der Waals surface area contributed by atoms with E-state index in [4.69, 9.17) is 22.1 Å². The van der Waals surface area contributed by atoms with Crippen LogP contribution < -0.4 is 15.8 Å². The average molecular weight is 309 g/mol. The first kappa shape index (κ1) is 15.3. The molecular formula is C15H14ClFN2O2. The largest absolute Gasteiger partial charge is 0.492 e. The van der Waals surface area contributed by atoms with Crippen LogP contribution in [0.25, 0.3) is 0 Å². The van der Waals surface area contributed by atoms with Gasteiger partial charge in [-0.25, -0.2) is 4.39 Å². The molecule has 3 N–H and O–H groups in total. The Balaban J connectivity index is 2.07. The number of anilines is 1. The Bertz CT molecular complexity index is 632. The molecular weight excluding hydrogens is 295 g/mol. The van der Waals surface area contributed by atoms with E-state index in [1.165, 1.54) is 18.2 Å². The van der Waals surface area contributed by atoms with Crippen LogP contribution in [0.15, 0.2) is 42.5 Å². The van der Waals surface area contributed by atoms with E-state index in [1.807, 2.05) is 0 Å². The van der Waals surface area contributed by atoms with E-state index in [0.29, 0.717) is 24.6 Å². The number of hydrogen-bond acceptors (Lipinski definition) is 3. The molecule has 0 saturated heterocycles. The summed E-state index contributed by atoms with van der Waals surface area (Å²) in [6.07, 6.45) is 0. The SMILES string of the molecule is NCCOc1ccc(NC(=O)c2cccc(F)c2Cl)cc1. The van der Waals surface area contributed by atoms with Gasteiger partial charge in [0, 0.05) is 12.2 Å². The van der Waals surface area contributed by atoms with Crippen LogP contribution in [0.4, 0.5) is 10.1 Å². The Morgan fingerprint density at radius 1 is 1.24 bits per heavy atom. The van der Waals surface area contributed by atoms with Gasteiger partial charge < -0.3 is 15.8 Å². The summed E-state index contributed by atoms with van der Waals surface area (Å²) in [5.41, 5.74) is 5.98. The van der Waals surface area contributed by atoms with Crippen LogP contribution in [0.1, 0.15) is 10.4 Å². The second kappa shape index (κ2) is 7.06. The van der Waals surface area contributed by atoms with Crippen LogP contribution in [-0.2, 0) is 0 Å². The average Bonchev–Trinajstić information content (AvgIpc) is 2.49. The summed E-state index contributed by atoms with van der Waals surface area (Å²) in [6.45, 7) is 0.848. The molecule has 110 valence electrons. The Hall–Kier alpha value is -2.11. The molecule has 0 saturated carbocycles. The highest BCUT2D eigenvalue weighted by Gasteiger charge is 2.13. The van der Waals surface area contributed by atoms with E-state index in [1.54, 1.807) is 24.3 Å². The second-order valence-electron chi connectivity index (χ2n) is 4.22. The summed E-state index contributed by atoms with van der Waals surface area (Å²) in [4.78, 5) is 12.0. The number of carbonyl (C=O) groups excluding carboxylic acids is 1. The molecule has 0 aromatic heterocycles. The first-order valence-electron chi connectivity index (χ1n) is 6.30. The summed E-state index contributed by atoms with van der Waals surface area (Å²) < 4.78 is 18.6. The van der Waals surface area contributed by atoms with Crippen molar-refractivity contribution in [1.82, 2.24) is 0 Å². The Kier molecular flexibility index (Phi) is 5.14. The van der Waals surface area contributed by atoms with Crippen molar-refractivity contribution in [3.05, 3.63) is 58.9 Å². The fourth-order valence-corrected chi connectivity index (χ4v) is 1.90. The van der Waals surface area contributed by atoms with Crippen molar-refractivity contribution < 1.29 is 13.9 Å². The van der Waals surface area contributed by atoms with Gasteiger partial charge >= 0.3 is 0 Å². The predicted octanol–water partition coefficient (Wildman–Crippen LogP) is 3.07. The van der Waals surface area contributed by atoms with E-state index in [2.05, 4.69) is 5.32 Å². The number of halogens is 2. The van der Waals surface area contributed by atoms with Crippen LogP contribution in [0.2, 0.25) is 5.02 Å². The maximum atomic E-state index is 13.3. The van der Waals surface area contributed by atoms with Gasteiger partial charge in [-0.1, -0.05) is 17.7 Å². The van der Waals surface area contributed by atoms with Crippen molar-refractivity contribution in [2.75, 3.05) is 18.5 Å². The molecule has 21 heavy (non-hydrogen) atoms. The lowest BCUT2D eigenvalue weighted by molar-refractivity contribution is 0.102. The number of amides is 1. The molecule has 0 spiro atoms. The molecule has 0 fully saturated rings. The molecule has 2 aromatic carbocycles. The third-order valence-corrected chi connectivity index (χ3v) is 3.08. The molecule has 0 aliphatic heterocycles. The zero-order chi connectivity index (χ0) is 15.2.